The Bertz CT molecular complexity index is 541. The molecule has 0 aliphatic rings. The molecule has 0 unspecified atom stereocenters. The second kappa shape index (κ2) is 8.05. The summed E-state index contributed by atoms with van der Waals surface area (Å²) in [6.45, 7) is 13.2. The number of ether oxygens (including phenoxy) is 2. The molecule has 0 aliphatic heterocycles. The smallest absolute Gasteiger partial charge is 0.334 e. The van der Waals surface area contributed by atoms with E-state index in [1.807, 2.05) is 0 Å². The molecule has 0 N–H and O–H groups in total. The van der Waals surface area contributed by atoms with Crippen LogP contribution in [-0.2, 0) is 11.3 Å². The lowest BCUT2D eigenvalue weighted by atomic mass is 10.3. The number of nitrogens with zero attached hydrogens (tertiary/aromatic N) is 2. The number of hydrogen-bond donors (Lipinski definition) is 0. The zero-order valence-electron chi connectivity index (χ0n) is 13.7. The van der Waals surface area contributed by atoms with E-state index in [1.165, 1.54) is 12.3 Å². The summed E-state index contributed by atoms with van der Waals surface area (Å²) in [7, 11) is -1.18. The Morgan fingerprint density at radius 1 is 1.45 bits per heavy atom. The quantitative estimate of drug-likeness (QED) is 0.227. The van der Waals surface area contributed by atoms with Crippen molar-refractivity contribution in [1.82, 2.24) is 4.98 Å². The lowest BCUT2D eigenvalue weighted by Crippen LogP contribution is -2.21. The van der Waals surface area contributed by atoms with Crippen LogP contribution in [0.15, 0.2) is 24.4 Å². The SMILES string of the molecule is C=C(C)COc1ccnc(COCC[Si](C)(C)C)c1[N+](=O)[O-]. The van der Waals surface area contributed by atoms with Crippen molar-refractivity contribution in [2.45, 2.75) is 39.2 Å². The van der Waals surface area contributed by atoms with Crippen molar-refractivity contribution in [1.29, 1.82) is 0 Å². The fourth-order valence-corrected chi connectivity index (χ4v) is 2.40. The van der Waals surface area contributed by atoms with Crippen molar-refractivity contribution < 1.29 is 14.4 Å². The first-order valence-corrected chi connectivity index (χ1v) is 10.9. The van der Waals surface area contributed by atoms with Crippen molar-refractivity contribution in [3.8, 4) is 5.75 Å². The number of hydrogen-bond acceptors (Lipinski definition) is 5. The summed E-state index contributed by atoms with van der Waals surface area (Å²) < 4.78 is 11.0. The monoisotopic (exact) mass is 324 g/mol. The number of aromatic nitrogens is 1. The highest BCUT2D eigenvalue weighted by Gasteiger charge is 2.23. The molecule has 1 aromatic rings. The average Bonchev–Trinajstić information content (AvgIpc) is 2.40. The summed E-state index contributed by atoms with van der Waals surface area (Å²) in [5, 5.41) is 11.3. The molecule has 0 aromatic carbocycles. The fraction of sp³-hybridized carbons (Fsp3) is 0.533. The Morgan fingerprint density at radius 3 is 2.68 bits per heavy atom. The van der Waals surface area contributed by atoms with Gasteiger partial charge in [-0.15, -0.1) is 0 Å². The summed E-state index contributed by atoms with van der Waals surface area (Å²) >= 11 is 0. The number of rotatable bonds is 9. The van der Waals surface area contributed by atoms with Gasteiger partial charge in [0.15, 0.2) is 0 Å². The predicted octanol–water partition coefficient (Wildman–Crippen LogP) is 3.80. The molecule has 1 rings (SSSR count). The Labute approximate surface area is 132 Å². The van der Waals surface area contributed by atoms with Gasteiger partial charge in [0, 0.05) is 26.9 Å². The molecule has 0 spiro atoms. The minimum absolute atomic E-state index is 0.116. The minimum atomic E-state index is -1.18. The molecule has 0 amide bonds. The fourth-order valence-electron chi connectivity index (χ4n) is 1.64. The Balaban J connectivity index is 2.79. The molecule has 0 radical (unpaired) electrons. The van der Waals surface area contributed by atoms with Gasteiger partial charge in [0.25, 0.3) is 0 Å². The first-order valence-electron chi connectivity index (χ1n) is 7.18. The highest BCUT2D eigenvalue weighted by molar-refractivity contribution is 6.76. The van der Waals surface area contributed by atoms with Gasteiger partial charge < -0.3 is 9.47 Å². The van der Waals surface area contributed by atoms with Crippen molar-refractivity contribution >= 4 is 13.8 Å². The lowest BCUT2D eigenvalue weighted by molar-refractivity contribution is -0.387. The predicted molar refractivity (Wildman–Crippen MR) is 89.0 cm³/mol. The second-order valence-corrected chi connectivity index (χ2v) is 12.1. The van der Waals surface area contributed by atoms with Crippen molar-refractivity contribution in [3.63, 3.8) is 0 Å². The van der Waals surface area contributed by atoms with Gasteiger partial charge in [-0.05, 0) is 18.5 Å². The Morgan fingerprint density at radius 2 is 2.14 bits per heavy atom. The molecular weight excluding hydrogens is 300 g/mol. The Hall–Kier alpha value is -1.73. The normalized spacial score (nSPS) is 11.3. The third kappa shape index (κ3) is 6.36. The van der Waals surface area contributed by atoms with Crippen LogP contribution in [0.5, 0.6) is 5.75 Å². The summed E-state index contributed by atoms with van der Waals surface area (Å²) in [6, 6.07) is 2.50. The molecule has 0 fully saturated rings. The van der Waals surface area contributed by atoms with E-state index >= 15 is 0 Å². The van der Waals surface area contributed by atoms with E-state index in [2.05, 4.69) is 31.2 Å². The summed E-state index contributed by atoms with van der Waals surface area (Å²) in [5.41, 5.74) is 0.954. The van der Waals surface area contributed by atoms with Gasteiger partial charge >= 0.3 is 5.69 Å². The first-order chi connectivity index (χ1) is 10.2. The molecule has 1 aromatic heterocycles. The van der Waals surface area contributed by atoms with Crippen LogP contribution in [0, 0.1) is 10.1 Å². The molecule has 0 atom stereocenters. The van der Waals surface area contributed by atoms with Gasteiger partial charge in [-0.3, -0.25) is 15.1 Å². The van der Waals surface area contributed by atoms with E-state index in [9.17, 15) is 10.1 Å². The van der Waals surface area contributed by atoms with Gasteiger partial charge in [-0.1, -0.05) is 26.2 Å². The van der Waals surface area contributed by atoms with E-state index in [1.54, 1.807) is 6.92 Å². The van der Waals surface area contributed by atoms with Crippen LogP contribution >= 0.6 is 0 Å². The molecule has 0 saturated carbocycles. The topological polar surface area (TPSA) is 74.5 Å². The van der Waals surface area contributed by atoms with Gasteiger partial charge in [-0.25, -0.2) is 0 Å². The third-order valence-corrected chi connectivity index (χ3v) is 4.56. The van der Waals surface area contributed by atoms with E-state index in [0.29, 0.717) is 12.3 Å². The van der Waals surface area contributed by atoms with Crippen molar-refractivity contribution in [2.24, 2.45) is 0 Å². The molecule has 7 heteroatoms. The van der Waals surface area contributed by atoms with Crippen molar-refractivity contribution in [2.75, 3.05) is 13.2 Å². The highest BCUT2D eigenvalue weighted by Crippen LogP contribution is 2.30. The summed E-state index contributed by atoms with van der Waals surface area (Å²) in [5.74, 6) is 0.201. The lowest BCUT2D eigenvalue weighted by Gasteiger charge is -2.15. The maximum atomic E-state index is 11.3. The molecular formula is C15H24N2O4Si. The maximum absolute atomic E-state index is 11.3. The molecule has 0 bridgehead atoms. The zero-order chi connectivity index (χ0) is 16.8. The summed E-state index contributed by atoms with van der Waals surface area (Å²) in [6.07, 6.45) is 1.50. The number of nitro groups is 1. The molecule has 122 valence electrons. The zero-order valence-corrected chi connectivity index (χ0v) is 14.7. The second-order valence-electron chi connectivity index (χ2n) is 6.47. The molecule has 1 heterocycles. The van der Waals surface area contributed by atoms with Crippen molar-refractivity contribution in [3.05, 3.63) is 40.2 Å². The van der Waals surface area contributed by atoms with Crippen LogP contribution in [0.25, 0.3) is 0 Å². The molecule has 0 saturated heterocycles. The van der Waals surface area contributed by atoms with E-state index in [0.717, 1.165) is 11.6 Å². The van der Waals surface area contributed by atoms with Crippen LogP contribution in [0.2, 0.25) is 25.7 Å². The molecule has 6 nitrogen and oxygen atoms in total. The first kappa shape index (κ1) is 18.3. The highest BCUT2D eigenvalue weighted by atomic mass is 28.3. The average molecular weight is 324 g/mol. The standard InChI is InChI=1S/C15H24N2O4Si/c1-12(2)10-21-14-6-7-16-13(15(14)17(18)19)11-20-8-9-22(3,4)5/h6-7H,1,8-11H2,2-5H3. The van der Waals surface area contributed by atoms with Gasteiger partial charge in [0.1, 0.15) is 12.3 Å². The van der Waals surface area contributed by atoms with Gasteiger partial charge in [-0.2, -0.15) is 0 Å². The molecule has 22 heavy (non-hydrogen) atoms. The maximum Gasteiger partial charge on any atom is 0.334 e. The third-order valence-electron chi connectivity index (χ3n) is 2.85. The largest absolute Gasteiger partial charge is 0.482 e. The summed E-state index contributed by atoms with van der Waals surface area (Å²) in [4.78, 5) is 14.9. The van der Waals surface area contributed by atoms with E-state index < -0.39 is 13.0 Å². The molecule has 0 aliphatic carbocycles. The van der Waals surface area contributed by atoms with Gasteiger partial charge in [0.2, 0.25) is 5.75 Å². The van der Waals surface area contributed by atoms with Gasteiger partial charge in [0.05, 0.1) is 11.5 Å². The van der Waals surface area contributed by atoms with E-state index in [-0.39, 0.29) is 24.7 Å². The van der Waals surface area contributed by atoms with Crippen LogP contribution in [0.3, 0.4) is 0 Å². The van der Waals surface area contributed by atoms with E-state index in [4.69, 9.17) is 9.47 Å². The van der Waals surface area contributed by atoms with Crippen LogP contribution in [-0.4, -0.2) is 31.2 Å². The Kier molecular flexibility index (Phi) is 6.70. The van der Waals surface area contributed by atoms with Crippen LogP contribution in [0.4, 0.5) is 5.69 Å². The van der Waals surface area contributed by atoms with Crippen LogP contribution < -0.4 is 4.74 Å². The minimum Gasteiger partial charge on any atom is -0.482 e. The number of pyridine rings is 1. The van der Waals surface area contributed by atoms with Crippen LogP contribution in [0.1, 0.15) is 12.6 Å².